The fourth-order valence-electron chi connectivity index (χ4n) is 2.59. The Balaban J connectivity index is 1.64. The summed E-state index contributed by atoms with van der Waals surface area (Å²) in [4.78, 5) is 4.45. The van der Waals surface area contributed by atoms with Gasteiger partial charge in [-0.2, -0.15) is 0 Å². The third-order valence-corrected chi connectivity index (χ3v) is 5.97. The Kier molecular flexibility index (Phi) is 3.83. The van der Waals surface area contributed by atoms with Crippen molar-refractivity contribution in [3.8, 4) is 0 Å². The number of fused-ring (bicyclic) bond motifs is 1. The van der Waals surface area contributed by atoms with Gasteiger partial charge in [-0.25, -0.2) is 0 Å². The highest BCUT2D eigenvalue weighted by Gasteiger charge is 2.16. The van der Waals surface area contributed by atoms with Crippen molar-refractivity contribution in [1.82, 2.24) is 0 Å². The highest BCUT2D eigenvalue weighted by Crippen LogP contribution is 2.33. The Bertz CT molecular complexity index is 475. The lowest BCUT2D eigenvalue weighted by Crippen LogP contribution is -2.09. The maximum Gasteiger partial charge on any atom is 0.0393 e. The van der Waals surface area contributed by atoms with Gasteiger partial charge in [0.15, 0.2) is 0 Å². The van der Waals surface area contributed by atoms with Gasteiger partial charge in [-0.15, -0.1) is 22.7 Å². The van der Waals surface area contributed by atoms with E-state index >= 15 is 0 Å². The molecular weight excluding hydrogens is 258 g/mol. The first-order valence-electron chi connectivity index (χ1n) is 6.72. The number of hydrogen-bond acceptors (Lipinski definition) is 3. The van der Waals surface area contributed by atoms with Crippen LogP contribution in [-0.2, 0) is 19.3 Å². The molecule has 1 nitrogen and oxygen atoms in total. The largest absolute Gasteiger partial charge is 0.323 e. The van der Waals surface area contributed by atoms with Crippen LogP contribution in [0.5, 0.6) is 0 Å². The third kappa shape index (κ3) is 2.68. The van der Waals surface area contributed by atoms with Crippen LogP contribution >= 0.6 is 22.7 Å². The number of aryl methyl sites for hydroxylation is 3. The minimum absolute atomic E-state index is 0.225. The van der Waals surface area contributed by atoms with E-state index in [0.29, 0.717) is 0 Å². The molecular formula is C15H19NS2. The highest BCUT2D eigenvalue weighted by atomic mass is 32.1. The van der Waals surface area contributed by atoms with E-state index in [1.54, 1.807) is 10.4 Å². The Hall–Kier alpha value is -0.640. The van der Waals surface area contributed by atoms with E-state index in [9.17, 15) is 0 Å². The fraction of sp³-hybridized carbons (Fsp3) is 0.467. The summed E-state index contributed by atoms with van der Waals surface area (Å²) in [6, 6.07) is 6.92. The fourth-order valence-corrected chi connectivity index (χ4v) is 4.61. The molecule has 1 aliphatic carbocycles. The molecule has 2 heterocycles. The van der Waals surface area contributed by atoms with Crippen molar-refractivity contribution in [2.45, 2.75) is 44.6 Å². The van der Waals surface area contributed by atoms with Crippen LogP contribution < -0.4 is 5.73 Å². The summed E-state index contributed by atoms with van der Waals surface area (Å²) in [6.45, 7) is 0. The first-order chi connectivity index (χ1) is 8.83. The zero-order valence-corrected chi connectivity index (χ0v) is 12.2. The molecule has 2 aromatic heterocycles. The summed E-state index contributed by atoms with van der Waals surface area (Å²) < 4.78 is 0. The van der Waals surface area contributed by atoms with Crippen molar-refractivity contribution in [2.24, 2.45) is 5.73 Å². The smallest absolute Gasteiger partial charge is 0.0393 e. The van der Waals surface area contributed by atoms with Crippen LogP contribution in [0.25, 0.3) is 0 Å². The molecule has 2 aromatic rings. The van der Waals surface area contributed by atoms with Crippen molar-refractivity contribution >= 4 is 22.7 Å². The molecule has 0 aromatic carbocycles. The van der Waals surface area contributed by atoms with Crippen molar-refractivity contribution in [2.75, 3.05) is 0 Å². The lowest BCUT2D eigenvalue weighted by Gasteiger charge is -2.08. The molecule has 3 heteroatoms. The molecule has 0 aliphatic heterocycles. The van der Waals surface area contributed by atoms with Gasteiger partial charge in [-0.1, -0.05) is 6.07 Å². The predicted molar refractivity (Wildman–Crippen MR) is 80.5 cm³/mol. The summed E-state index contributed by atoms with van der Waals surface area (Å²) in [5, 5.41) is 2.14. The summed E-state index contributed by atoms with van der Waals surface area (Å²) >= 11 is 3.79. The molecule has 1 atom stereocenters. The molecule has 18 heavy (non-hydrogen) atoms. The molecule has 0 amide bonds. The van der Waals surface area contributed by atoms with Crippen LogP contribution in [0.3, 0.4) is 0 Å². The maximum absolute atomic E-state index is 6.34. The monoisotopic (exact) mass is 277 g/mol. The summed E-state index contributed by atoms with van der Waals surface area (Å²) in [6.07, 6.45) is 7.44. The van der Waals surface area contributed by atoms with E-state index in [0.717, 1.165) is 12.8 Å². The van der Waals surface area contributed by atoms with Gasteiger partial charge in [0.1, 0.15) is 0 Å². The van der Waals surface area contributed by atoms with Crippen LogP contribution in [0.4, 0.5) is 0 Å². The van der Waals surface area contributed by atoms with E-state index in [-0.39, 0.29) is 6.04 Å². The maximum atomic E-state index is 6.34. The quantitative estimate of drug-likeness (QED) is 0.885. The van der Waals surface area contributed by atoms with E-state index in [1.165, 1.54) is 35.4 Å². The first kappa shape index (κ1) is 12.4. The van der Waals surface area contributed by atoms with Crippen molar-refractivity contribution < 1.29 is 0 Å². The number of thiophene rings is 2. The van der Waals surface area contributed by atoms with Crippen LogP contribution in [0.1, 0.15) is 45.5 Å². The van der Waals surface area contributed by atoms with Gasteiger partial charge in [-0.05, 0) is 61.6 Å². The number of hydrogen-bond donors (Lipinski definition) is 1. The Morgan fingerprint density at radius 3 is 2.94 bits per heavy atom. The van der Waals surface area contributed by atoms with Crippen molar-refractivity contribution in [3.05, 3.63) is 43.8 Å². The zero-order valence-electron chi connectivity index (χ0n) is 10.5. The Morgan fingerprint density at radius 2 is 2.17 bits per heavy atom. The lowest BCUT2D eigenvalue weighted by atomic mass is 9.98. The predicted octanol–water partition coefficient (Wildman–Crippen LogP) is 4.32. The Labute approximate surface area is 117 Å². The third-order valence-electron chi connectivity index (χ3n) is 3.66. The van der Waals surface area contributed by atoms with E-state index in [4.69, 9.17) is 5.73 Å². The molecule has 2 N–H and O–H groups in total. The Morgan fingerprint density at radius 1 is 1.28 bits per heavy atom. The second-order valence-electron chi connectivity index (χ2n) is 5.03. The minimum atomic E-state index is 0.225. The second-order valence-corrected chi connectivity index (χ2v) is 7.23. The molecule has 0 radical (unpaired) electrons. The van der Waals surface area contributed by atoms with Gasteiger partial charge in [0.05, 0.1) is 0 Å². The van der Waals surface area contributed by atoms with Crippen LogP contribution in [0.15, 0.2) is 23.6 Å². The summed E-state index contributed by atoms with van der Waals surface area (Å²) in [5.41, 5.74) is 7.92. The molecule has 0 saturated heterocycles. The number of nitrogens with two attached hydrogens (primary N) is 1. The van der Waals surface area contributed by atoms with Crippen molar-refractivity contribution in [1.29, 1.82) is 0 Å². The van der Waals surface area contributed by atoms with E-state index < -0.39 is 0 Å². The minimum Gasteiger partial charge on any atom is -0.323 e. The van der Waals surface area contributed by atoms with Gasteiger partial charge in [-0.3, -0.25) is 0 Å². The summed E-state index contributed by atoms with van der Waals surface area (Å²) in [7, 11) is 0. The second kappa shape index (κ2) is 5.55. The van der Waals surface area contributed by atoms with Gasteiger partial charge in [0.2, 0.25) is 0 Å². The zero-order chi connectivity index (χ0) is 12.4. The first-order valence-corrected chi connectivity index (χ1v) is 8.42. The average Bonchev–Trinajstić information content (AvgIpc) is 3.04. The molecule has 1 unspecified atom stereocenters. The topological polar surface area (TPSA) is 26.0 Å². The molecule has 3 rings (SSSR count). The standard InChI is InChI=1S/C15H19NS2/c16-13(8-7-12-5-3-9-17-12)15-10-11-4-1-2-6-14(11)18-15/h3,5,9-10,13H,1-2,4,6-8,16H2. The molecule has 0 bridgehead atoms. The van der Waals surface area contributed by atoms with Gasteiger partial charge in [0.25, 0.3) is 0 Å². The van der Waals surface area contributed by atoms with E-state index in [2.05, 4.69) is 23.6 Å². The number of rotatable bonds is 4. The summed E-state index contributed by atoms with van der Waals surface area (Å²) in [5.74, 6) is 0. The average molecular weight is 277 g/mol. The molecule has 0 fully saturated rings. The van der Waals surface area contributed by atoms with Crippen molar-refractivity contribution in [3.63, 3.8) is 0 Å². The van der Waals surface area contributed by atoms with Gasteiger partial charge >= 0.3 is 0 Å². The van der Waals surface area contributed by atoms with Crippen LogP contribution in [0, 0.1) is 0 Å². The molecule has 96 valence electrons. The molecule has 0 saturated carbocycles. The SMILES string of the molecule is NC(CCc1cccs1)c1cc2c(s1)CCCC2. The molecule has 1 aliphatic rings. The van der Waals surface area contributed by atoms with Gasteiger partial charge in [0, 0.05) is 20.7 Å². The van der Waals surface area contributed by atoms with Crippen LogP contribution in [-0.4, -0.2) is 0 Å². The lowest BCUT2D eigenvalue weighted by molar-refractivity contribution is 0.664. The molecule has 0 spiro atoms. The van der Waals surface area contributed by atoms with E-state index in [1.807, 2.05) is 22.7 Å². The van der Waals surface area contributed by atoms with Gasteiger partial charge < -0.3 is 5.73 Å². The van der Waals surface area contributed by atoms with Crippen LogP contribution in [0.2, 0.25) is 0 Å². The highest BCUT2D eigenvalue weighted by molar-refractivity contribution is 7.12. The normalized spacial score (nSPS) is 16.5.